The molecular weight excluding hydrogens is 1380 g/mol. The Bertz CT molecular complexity index is 4710. The van der Waals surface area contributed by atoms with Crippen LogP contribution in [0.5, 0.6) is 34.5 Å². The standard InChI is InChI=1S/C28H24F3NO3S.C27H24ClNO3S.C27H24FNO3S/c29-28(30,31)20-7-3-19(4-8-20)26(34)27-25(23-12-9-21(33)17-24(23)36-27)18-5-10-22(11-6-18)35-16-2-15-32-13-1-14-32;2*28-20-7-3-19(4-8-20)26(31)27-25(23-12-9-21(30)17-24(23)33-27)18-5-10-22(11-6-18)32-16-2-15-29-13-1-14-29/h3-12,17,33H,1-2,13-16H2;2*3-12,17,30H,1-2,13-16H2. The average molecular weight is 1450 g/mol. The van der Waals surface area contributed by atoms with Gasteiger partial charge in [0.1, 0.15) is 40.3 Å². The van der Waals surface area contributed by atoms with Crippen LogP contribution in [0.2, 0.25) is 5.02 Å². The molecule has 3 aliphatic rings. The number of ketones is 3. The summed E-state index contributed by atoms with van der Waals surface area (Å²) >= 11 is 9.94. The fourth-order valence-corrected chi connectivity index (χ4v) is 16.2. The van der Waals surface area contributed by atoms with Crippen LogP contribution in [0.25, 0.3) is 63.6 Å². The smallest absolute Gasteiger partial charge is 0.416 e. The number of carbonyl (C=O) groups is 3. The number of phenolic OH excluding ortho intramolecular Hbond substituents is 3. The number of fused-ring (bicyclic) bond motifs is 3. The van der Waals surface area contributed by atoms with Crippen LogP contribution in [0, 0.1) is 5.82 Å². The molecule has 3 fully saturated rings. The number of hydrogen-bond donors (Lipinski definition) is 3. The first-order valence-corrected chi connectivity index (χ1v) is 36.7. The number of hydrogen-bond acceptors (Lipinski definition) is 15. The molecule has 3 N–H and O–H groups in total. The summed E-state index contributed by atoms with van der Waals surface area (Å²) in [5.74, 6) is 1.78. The van der Waals surface area contributed by atoms with Crippen molar-refractivity contribution in [2.45, 2.75) is 44.7 Å². The van der Waals surface area contributed by atoms with Crippen molar-refractivity contribution in [2.24, 2.45) is 0 Å². The van der Waals surface area contributed by atoms with Crippen molar-refractivity contribution in [1.82, 2.24) is 14.7 Å². The zero-order valence-electron chi connectivity index (χ0n) is 55.5. The number of ether oxygens (including phenoxy) is 3. The molecule has 0 aliphatic carbocycles. The third-order valence-electron chi connectivity index (χ3n) is 18.3. The molecule has 15 rings (SSSR count). The summed E-state index contributed by atoms with van der Waals surface area (Å²) in [5, 5.41) is 33.1. The lowest BCUT2D eigenvalue weighted by atomic mass is 9.97. The zero-order valence-corrected chi connectivity index (χ0v) is 58.7. The van der Waals surface area contributed by atoms with E-state index in [1.54, 1.807) is 66.7 Å². The normalized spacial score (nSPS) is 13.9. The molecule has 3 saturated heterocycles. The van der Waals surface area contributed by atoms with Gasteiger partial charge in [0, 0.05) is 88.3 Å². The summed E-state index contributed by atoms with van der Waals surface area (Å²) in [6.07, 6.45) is 2.36. The van der Waals surface area contributed by atoms with Crippen molar-refractivity contribution >= 4 is 93.2 Å². The molecule has 0 atom stereocenters. The summed E-state index contributed by atoms with van der Waals surface area (Å²) in [4.78, 5) is 49.0. The average Bonchev–Trinajstić information content (AvgIpc) is 1.63. The minimum absolute atomic E-state index is 0.0614. The Labute approximate surface area is 604 Å². The predicted octanol–water partition coefficient (Wildman–Crippen LogP) is 19.7. The molecule has 9 aromatic carbocycles. The Kier molecular flexibility index (Phi) is 22.4. The summed E-state index contributed by atoms with van der Waals surface area (Å²) in [6.45, 7) is 12.3. The molecule has 0 saturated carbocycles. The Balaban J connectivity index is 0.000000137. The SMILES string of the molecule is O=C(c1ccc(C(F)(F)F)cc1)c1sc2cc(O)ccc2c1-c1ccc(OCCCN2CCC2)cc1.O=C(c1ccc(Cl)cc1)c1sc2cc(O)ccc2c1-c1ccc(OCCCN2CCC2)cc1.O=C(c1ccc(F)cc1)c1sc2cc(O)ccc2c1-c1ccc(OCCCN2CCC2)cc1. The molecule has 102 heavy (non-hydrogen) atoms. The van der Waals surface area contributed by atoms with Gasteiger partial charge < -0.3 is 44.2 Å². The second kappa shape index (κ2) is 32.3. The molecule has 0 radical (unpaired) electrons. The van der Waals surface area contributed by atoms with Crippen molar-refractivity contribution in [3.63, 3.8) is 0 Å². The van der Waals surface area contributed by atoms with Crippen LogP contribution in [0.1, 0.15) is 89.8 Å². The fraction of sp³-hybridized carbons (Fsp3) is 0.232. The highest BCUT2D eigenvalue weighted by Crippen LogP contribution is 2.46. The first kappa shape index (κ1) is 71.0. The number of thiophene rings is 3. The second-order valence-electron chi connectivity index (χ2n) is 25.3. The van der Waals surface area contributed by atoms with E-state index < -0.39 is 11.7 Å². The number of aromatic hydroxyl groups is 3. The lowest BCUT2D eigenvalue weighted by Crippen LogP contribution is -2.38. The number of benzene rings is 9. The van der Waals surface area contributed by atoms with Crippen LogP contribution < -0.4 is 14.2 Å². The predicted molar refractivity (Wildman–Crippen MR) is 400 cm³/mol. The van der Waals surface area contributed by atoms with E-state index in [0.29, 0.717) is 60.9 Å². The molecule has 0 amide bonds. The third-order valence-corrected chi connectivity index (χ3v) is 22.0. The summed E-state index contributed by atoms with van der Waals surface area (Å²) in [7, 11) is 0. The first-order chi connectivity index (χ1) is 49.5. The monoisotopic (exact) mass is 1450 g/mol. The minimum atomic E-state index is -4.47. The molecule has 20 heteroatoms. The van der Waals surface area contributed by atoms with Gasteiger partial charge in [-0.1, -0.05) is 60.1 Å². The highest BCUT2D eigenvalue weighted by Gasteiger charge is 2.31. The maximum atomic E-state index is 13.4. The van der Waals surface area contributed by atoms with Crippen LogP contribution in [0.4, 0.5) is 17.6 Å². The van der Waals surface area contributed by atoms with Gasteiger partial charge in [-0.25, -0.2) is 4.39 Å². The highest BCUT2D eigenvalue weighted by atomic mass is 35.5. The van der Waals surface area contributed by atoms with Gasteiger partial charge in [0.05, 0.1) is 40.0 Å². The maximum absolute atomic E-state index is 13.4. The largest absolute Gasteiger partial charge is 0.508 e. The molecular formula is C82H72ClF4N3O9S3. The van der Waals surface area contributed by atoms with Gasteiger partial charge in [0.15, 0.2) is 0 Å². The number of rotatable bonds is 24. The number of likely N-dealkylation sites (tertiary alicyclic amines) is 3. The Morgan fingerprint density at radius 3 is 0.980 bits per heavy atom. The van der Waals surface area contributed by atoms with E-state index in [0.717, 1.165) is 135 Å². The lowest BCUT2D eigenvalue weighted by molar-refractivity contribution is -0.137. The Morgan fingerprint density at radius 1 is 0.402 bits per heavy atom. The topological polar surface area (TPSA) is 149 Å². The third kappa shape index (κ3) is 17.0. The number of nitrogens with zero attached hydrogens (tertiary/aromatic N) is 3. The van der Waals surface area contributed by atoms with E-state index in [1.165, 1.54) is 116 Å². The number of carbonyl (C=O) groups excluding carboxylic acids is 3. The number of phenols is 3. The molecule has 12 aromatic rings. The molecule has 6 heterocycles. The highest BCUT2D eigenvalue weighted by molar-refractivity contribution is 7.22. The molecule has 522 valence electrons. The van der Waals surface area contributed by atoms with Crippen molar-refractivity contribution < 1.29 is 61.5 Å². The number of halogens is 5. The summed E-state index contributed by atoms with van der Waals surface area (Å²) in [5.41, 5.74) is 5.37. The van der Waals surface area contributed by atoms with Gasteiger partial charge in [-0.2, -0.15) is 13.2 Å². The second-order valence-corrected chi connectivity index (χ2v) is 28.9. The lowest BCUT2D eigenvalue weighted by Gasteiger charge is -2.30. The van der Waals surface area contributed by atoms with Crippen molar-refractivity contribution in [3.05, 3.63) is 248 Å². The number of alkyl halides is 3. The van der Waals surface area contributed by atoms with Gasteiger partial charge in [0.25, 0.3) is 0 Å². The van der Waals surface area contributed by atoms with Gasteiger partial charge in [-0.3, -0.25) is 14.4 Å². The van der Waals surface area contributed by atoms with Crippen molar-refractivity contribution in [3.8, 4) is 67.9 Å². The first-order valence-electron chi connectivity index (χ1n) is 33.9. The van der Waals surface area contributed by atoms with E-state index in [4.69, 9.17) is 25.8 Å². The van der Waals surface area contributed by atoms with Crippen LogP contribution in [0.3, 0.4) is 0 Å². The molecule has 0 unspecified atom stereocenters. The molecule has 0 bridgehead atoms. The van der Waals surface area contributed by atoms with Gasteiger partial charge in [-0.05, 0) is 246 Å². The minimum Gasteiger partial charge on any atom is -0.508 e. The fourth-order valence-electron chi connectivity index (χ4n) is 12.4. The Hall–Kier alpha value is -9.44. The van der Waals surface area contributed by atoms with E-state index in [2.05, 4.69) is 14.7 Å². The van der Waals surface area contributed by atoms with Crippen LogP contribution in [-0.2, 0) is 6.18 Å². The molecule has 0 spiro atoms. The molecule has 3 aromatic heterocycles. The van der Waals surface area contributed by atoms with Crippen LogP contribution in [0.15, 0.2) is 200 Å². The van der Waals surface area contributed by atoms with Crippen LogP contribution in [-0.4, -0.2) is 126 Å². The molecule has 3 aliphatic heterocycles. The van der Waals surface area contributed by atoms with Crippen molar-refractivity contribution in [2.75, 3.05) is 78.7 Å². The van der Waals surface area contributed by atoms with Crippen molar-refractivity contribution in [1.29, 1.82) is 0 Å². The summed E-state index contributed by atoms with van der Waals surface area (Å²) in [6, 6.07) is 55.2. The zero-order chi connectivity index (χ0) is 70.9. The van der Waals surface area contributed by atoms with Gasteiger partial charge in [0.2, 0.25) is 17.3 Å². The van der Waals surface area contributed by atoms with Gasteiger partial charge in [-0.15, -0.1) is 34.0 Å². The Morgan fingerprint density at radius 2 is 0.696 bits per heavy atom. The van der Waals surface area contributed by atoms with E-state index in [1.807, 2.05) is 84.9 Å². The van der Waals surface area contributed by atoms with Gasteiger partial charge >= 0.3 is 6.18 Å². The quantitative estimate of drug-likeness (QED) is 0.0300. The van der Waals surface area contributed by atoms with Crippen LogP contribution >= 0.6 is 45.6 Å². The summed E-state index contributed by atoms with van der Waals surface area (Å²) < 4.78 is 72.4. The van der Waals surface area contributed by atoms with E-state index >= 15 is 0 Å². The van der Waals surface area contributed by atoms with E-state index in [-0.39, 0.29) is 46.0 Å². The van der Waals surface area contributed by atoms with E-state index in [9.17, 15) is 47.3 Å². The maximum Gasteiger partial charge on any atom is 0.416 e. The molecule has 12 nitrogen and oxygen atoms in total.